The number of aliphatic imine (C=N–C) groups is 1. The van der Waals surface area contributed by atoms with E-state index in [4.69, 9.17) is 9.47 Å². The predicted molar refractivity (Wildman–Crippen MR) is 87.9 cm³/mol. The molecule has 0 aliphatic carbocycles. The summed E-state index contributed by atoms with van der Waals surface area (Å²) in [6, 6.07) is 5.49. The fourth-order valence-corrected chi connectivity index (χ4v) is 2.03. The summed E-state index contributed by atoms with van der Waals surface area (Å²) >= 11 is 0. The van der Waals surface area contributed by atoms with Crippen LogP contribution in [0, 0.1) is 0 Å². The summed E-state index contributed by atoms with van der Waals surface area (Å²) in [5.41, 5.74) is 0.940. The van der Waals surface area contributed by atoms with E-state index in [1.165, 1.54) is 0 Å². The predicted octanol–water partition coefficient (Wildman–Crippen LogP) is 2.75. The molecule has 0 aliphatic rings. The van der Waals surface area contributed by atoms with Gasteiger partial charge in [0.1, 0.15) is 11.5 Å². The topological polar surface area (TPSA) is 54.9 Å². The van der Waals surface area contributed by atoms with Gasteiger partial charge in [-0.3, -0.25) is 4.99 Å². The van der Waals surface area contributed by atoms with Gasteiger partial charge in [0.05, 0.1) is 27.2 Å². The van der Waals surface area contributed by atoms with Gasteiger partial charge in [0.25, 0.3) is 0 Å². The maximum absolute atomic E-state index is 12.2. The van der Waals surface area contributed by atoms with Crippen molar-refractivity contribution in [1.29, 1.82) is 0 Å². The fraction of sp³-hybridized carbons (Fsp3) is 0.562. The van der Waals surface area contributed by atoms with Crippen LogP contribution in [0.5, 0.6) is 11.5 Å². The first kappa shape index (κ1) is 19.9. The molecule has 1 aromatic rings. The molecule has 8 heteroatoms. The van der Waals surface area contributed by atoms with E-state index in [1.54, 1.807) is 20.3 Å². The van der Waals surface area contributed by atoms with Crippen LogP contribution in [0.4, 0.5) is 13.2 Å². The lowest BCUT2D eigenvalue weighted by molar-refractivity contribution is -0.132. The number of guanidine groups is 1. The third-order valence-electron chi connectivity index (χ3n) is 3.18. The van der Waals surface area contributed by atoms with Gasteiger partial charge in [-0.05, 0) is 37.1 Å². The number of hydrogen-bond acceptors (Lipinski definition) is 3. The van der Waals surface area contributed by atoms with E-state index in [9.17, 15) is 13.2 Å². The smallest absolute Gasteiger partial charge is 0.390 e. The van der Waals surface area contributed by atoms with Gasteiger partial charge >= 0.3 is 6.18 Å². The van der Waals surface area contributed by atoms with Crippen molar-refractivity contribution < 1.29 is 22.6 Å². The number of alkyl halides is 3. The van der Waals surface area contributed by atoms with Gasteiger partial charge in [-0.15, -0.1) is 0 Å². The van der Waals surface area contributed by atoms with E-state index in [-0.39, 0.29) is 6.54 Å². The molecule has 0 spiro atoms. The second kappa shape index (κ2) is 9.89. The van der Waals surface area contributed by atoms with E-state index in [0.29, 0.717) is 25.5 Å². The SMILES string of the molecule is CCNC(=NCCC(F)(F)F)NCCc1cc(OC)ccc1OC. The molecule has 0 aromatic heterocycles. The Bertz CT molecular complexity index is 534. The number of nitrogens with one attached hydrogen (secondary N) is 2. The van der Waals surface area contributed by atoms with Crippen LogP contribution in [0.1, 0.15) is 18.9 Å². The molecular weight excluding hydrogens is 323 g/mol. The average Bonchev–Trinajstić information content (AvgIpc) is 2.53. The largest absolute Gasteiger partial charge is 0.497 e. The first-order chi connectivity index (χ1) is 11.4. The molecule has 0 heterocycles. The van der Waals surface area contributed by atoms with E-state index in [2.05, 4.69) is 15.6 Å². The second-order valence-electron chi connectivity index (χ2n) is 4.98. The summed E-state index contributed by atoms with van der Waals surface area (Å²) in [7, 11) is 3.17. The van der Waals surface area contributed by atoms with Crippen LogP contribution in [-0.2, 0) is 6.42 Å². The zero-order valence-corrected chi connectivity index (χ0v) is 14.2. The second-order valence-corrected chi connectivity index (χ2v) is 4.98. The number of hydrogen-bond donors (Lipinski definition) is 2. The van der Waals surface area contributed by atoms with Crippen molar-refractivity contribution in [3.8, 4) is 11.5 Å². The van der Waals surface area contributed by atoms with Crippen LogP contribution in [0.15, 0.2) is 23.2 Å². The maximum Gasteiger partial charge on any atom is 0.390 e. The molecule has 0 atom stereocenters. The Morgan fingerprint density at radius 3 is 2.50 bits per heavy atom. The Morgan fingerprint density at radius 1 is 1.17 bits per heavy atom. The van der Waals surface area contributed by atoms with Gasteiger partial charge in [0.15, 0.2) is 5.96 Å². The quantitative estimate of drug-likeness (QED) is 0.561. The molecule has 2 N–H and O–H groups in total. The van der Waals surface area contributed by atoms with Crippen molar-refractivity contribution in [2.45, 2.75) is 25.9 Å². The van der Waals surface area contributed by atoms with Crippen molar-refractivity contribution in [3.05, 3.63) is 23.8 Å². The lowest BCUT2D eigenvalue weighted by Gasteiger charge is -2.14. The molecule has 0 bridgehead atoms. The van der Waals surface area contributed by atoms with Gasteiger partial charge in [0, 0.05) is 13.1 Å². The molecular formula is C16H24F3N3O2. The van der Waals surface area contributed by atoms with E-state index < -0.39 is 12.6 Å². The first-order valence-electron chi connectivity index (χ1n) is 7.69. The molecule has 1 rings (SSSR count). The van der Waals surface area contributed by atoms with Crippen LogP contribution in [0.3, 0.4) is 0 Å². The van der Waals surface area contributed by atoms with Crippen LogP contribution < -0.4 is 20.1 Å². The van der Waals surface area contributed by atoms with E-state index >= 15 is 0 Å². The number of halogens is 3. The lowest BCUT2D eigenvalue weighted by atomic mass is 10.1. The number of benzene rings is 1. The first-order valence-corrected chi connectivity index (χ1v) is 7.69. The zero-order chi connectivity index (χ0) is 18.0. The minimum absolute atomic E-state index is 0.304. The van der Waals surface area contributed by atoms with Crippen molar-refractivity contribution in [1.82, 2.24) is 10.6 Å². The molecule has 24 heavy (non-hydrogen) atoms. The Morgan fingerprint density at radius 2 is 1.92 bits per heavy atom. The van der Waals surface area contributed by atoms with Gasteiger partial charge in [0.2, 0.25) is 0 Å². The Labute approximate surface area is 140 Å². The number of nitrogens with zero attached hydrogens (tertiary/aromatic N) is 1. The summed E-state index contributed by atoms with van der Waals surface area (Å²) in [4.78, 5) is 3.92. The van der Waals surface area contributed by atoms with Crippen LogP contribution in [0.25, 0.3) is 0 Å². The van der Waals surface area contributed by atoms with Gasteiger partial charge in [-0.1, -0.05) is 0 Å². The van der Waals surface area contributed by atoms with Crippen LogP contribution in [-0.4, -0.2) is 46.0 Å². The lowest BCUT2D eigenvalue weighted by Crippen LogP contribution is -2.38. The van der Waals surface area contributed by atoms with Gasteiger partial charge < -0.3 is 20.1 Å². The number of rotatable bonds is 8. The van der Waals surface area contributed by atoms with E-state index in [1.807, 2.05) is 19.1 Å². The maximum atomic E-state index is 12.2. The molecule has 136 valence electrons. The summed E-state index contributed by atoms with van der Waals surface area (Å²) < 4.78 is 47.0. The normalized spacial score (nSPS) is 12.0. The third kappa shape index (κ3) is 7.43. The Kier molecular flexibility index (Phi) is 8.21. The molecule has 0 fully saturated rings. The van der Waals surface area contributed by atoms with Crippen molar-refractivity contribution >= 4 is 5.96 Å². The standard InChI is InChI=1S/C16H24F3N3O2/c1-4-20-15(22-10-8-16(17,18)19)21-9-7-12-11-13(23-2)5-6-14(12)24-3/h5-6,11H,4,7-10H2,1-3H3,(H2,20,21,22). The molecule has 0 saturated heterocycles. The van der Waals surface area contributed by atoms with E-state index in [0.717, 1.165) is 17.1 Å². The summed E-state index contributed by atoms with van der Waals surface area (Å²) in [5, 5.41) is 5.94. The highest BCUT2D eigenvalue weighted by Crippen LogP contribution is 2.24. The van der Waals surface area contributed by atoms with Crippen LogP contribution >= 0.6 is 0 Å². The van der Waals surface area contributed by atoms with Gasteiger partial charge in [-0.2, -0.15) is 13.2 Å². The zero-order valence-electron chi connectivity index (χ0n) is 14.2. The Balaban J connectivity index is 2.60. The van der Waals surface area contributed by atoms with Crippen molar-refractivity contribution in [2.75, 3.05) is 33.9 Å². The average molecular weight is 347 g/mol. The monoisotopic (exact) mass is 347 g/mol. The fourth-order valence-electron chi connectivity index (χ4n) is 2.03. The highest BCUT2D eigenvalue weighted by Gasteiger charge is 2.26. The summed E-state index contributed by atoms with van der Waals surface area (Å²) in [6.45, 7) is 2.62. The summed E-state index contributed by atoms with van der Waals surface area (Å²) in [6.07, 6.45) is -4.52. The Hall–Kier alpha value is -2.12. The molecule has 0 saturated carbocycles. The molecule has 0 radical (unpaired) electrons. The minimum atomic E-state index is -4.20. The minimum Gasteiger partial charge on any atom is -0.497 e. The molecule has 1 aromatic carbocycles. The molecule has 5 nitrogen and oxygen atoms in total. The molecule has 0 unspecified atom stereocenters. The van der Waals surface area contributed by atoms with Crippen molar-refractivity contribution in [2.24, 2.45) is 4.99 Å². The van der Waals surface area contributed by atoms with Gasteiger partial charge in [-0.25, -0.2) is 0 Å². The molecule has 0 amide bonds. The van der Waals surface area contributed by atoms with Crippen LogP contribution in [0.2, 0.25) is 0 Å². The van der Waals surface area contributed by atoms with Crippen molar-refractivity contribution in [3.63, 3.8) is 0 Å². The highest BCUT2D eigenvalue weighted by molar-refractivity contribution is 5.79. The summed E-state index contributed by atoms with van der Waals surface area (Å²) in [5.74, 6) is 1.82. The third-order valence-corrected chi connectivity index (χ3v) is 3.18. The highest BCUT2D eigenvalue weighted by atomic mass is 19.4. The number of ether oxygens (including phenoxy) is 2. The molecule has 0 aliphatic heterocycles. The number of methoxy groups -OCH3 is 2.